The second-order valence-electron chi connectivity index (χ2n) is 0.101. The van der Waals surface area contributed by atoms with Crippen molar-refractivity contribution < 1.29 is 13.2 Å². The van der Waals surface area contributed by atoms with Gasteiger partial charge in [-0.15, -0.1) is 0 Å². The van der Waals surface area contributed by atoms with Crippen molar-refractivity contribution in [1.29, 1.82) is 0 Å². The molecule has 4 heavy (non-hydrogen) atoms. The second kappa shape index (κ2) is 8.82. The molecule has 0 amide bonds. The van der Waals surface area contributed by atoms with Crippen molar-refractivity contribution in [2.24, 2.45) is 0 Å². The molecule has 0 fully saturated rings. The van der Waals surface area contributed by atoms with Gasteiger partial charge in [-0.25, -0.2) is 0 Å². The van der Waals surface area contributed by atoms with Gasteiger partial charge in [0.05, 0.1) is 0 Å². The molecule has 0 aromatic heterocycles. The molecule has 0 aromatic rings. The number of hydrogen-bond donors (Lipinski definition) is 0. The van der Waals surface area contributed by atoms with E-state index in [0.29, 0.717) is 0 Å². The molecule has 0 aliphatic heterocycles. The van der Waals surface area contributed by atoms with Crippen LogP contribution in [0.4, 0.5) is 0 Å². The van der Waals surface area contributed by atoms with Gasteiger partial charge in [-0.1, -0.05) is 7.43 Å². The molecule has 3 heteroatoms. The average Bonchev–Trinajstić information content (AvgIpc) is 0.918. The van der Waals surface area contributed by atoms with Gasteiger partial charge in [0, 0.05) is 0 Å². The molecule has 0 aromatic carbocycles. The van der Waals surface area contributed by atoms with E-state index >= 15 is 0 Å². The van der Waals surface area contributed by atoms with Crippen molar-refractivity contribution in [3.63, 3.8) is 0 Å². The first-order valence-corrected chi connectivity index (χ1v) is 14.4. The predicted octanol–water partition coefficient (Wildman–Crippen LogP) is 2.32. The van der Waals surface area contributed by atoms with Gasteiger partial charge < -0.3 is 0 Å². The molecule has 0 aliphatic rings. The average molecular weight is 241 g/mol. The minimum atomic E-state index is -0.250. The molecule has 0 aliphatic carbocycles. The summed E-state index contributed by atoms with van der Waals surface area (Å²) < 4.78 is 0. The van der Waals surface area contributed by atoms with Crippen LogP contribution in [0.25, 0.3) is 0 Å². The van der Waals surface area contributed by atoms with Crippen molar-refractivity contribution in [3.8, 4) is 0 Å². The fourth-order valence-corrected chi connectivity index (χ4v) is 0. The fourth-order valence-electron chi connectivity index (χ4n) is 0. The zero-order chi connectivity index (χ0) is 2.71. The first-order chi connectivity index (χ1) is 1.41. The summed E-state index contributed by atoms with van der Waals surface area (Å²) in [5.74, 6) is 0. The summed E-state index contributed by atoms with van der Waals surface area (Å²) in [4.78, 5) is 0. The van der Waals surface area contributed by atoms with Crippen molar-refractivity contribution >= 4 is 27.2 Å². The summed E-state index contributed by atoms with van der Waals surface area (Å²) in [6, 6.07) is 0. The Labute approximate surface area is 47.7 Å². The third kappa shape index (κ3) is 9.54. The van der Waals surface area contributed by atoms with Crippen LogP contribution in [0.1, 0.15) is 7.43 Å². The first kappa shape index (κ1) is 9.13. The summed E-state index contributed by atoms with van der Waals surface area (Å²) in [5.41, 5.74) is 0. The van der Waals surface area contributed by atoms with Crippen molar-refractivity contribution in [3.05, 3.63) is 0 Å². The molecule has 0 spiro atoms. The van der Waals surface area contributed by atoms with Crippen LogP contribution in [-0.2, 0) is 13.2 Å². The molecule has 0 rings (SSSR count). The van der Waals surface area contributed by atoms with Gasteiger partial charge in [0.1, 0.15) is 0 Å². The van der Waals surface area contributed by atoms with Crippen LogP contribution >= 0.6 is 27.2 Å². The van der Waals surface area contributed by atoms with Crippen LogP contribution in [0.5, 0.6) is 0 Å². The topological polar surface area (TPSA) is 0 Å². The van der Waals surface area contributed by atoms with Crippen LogP contribution in [0.15, 0.2) is 0 Å². The number of halogens is 2. The number of hydrogen-bond acceptors (Lipinski definition) is 0. The summed E-state index contributed by atoms with van der Waals surface area (Å²) in [7, 11) is 0. The molecule has 0 nitrogen and oxygen atoms in total. The van der Waals surface area contributed by atoms with Crippen molar-refractivity contribution in [2.75, 3.05) is 0 Å². The minimum absolute atomic E-state index is 0. The van der Waals surface area contributed by atoms with Gasteiger partial charge in [-0.3, -0.25) is 0 Å². The summed E-state index contributed by atoms with van der Waals surface area (Å²) in [6.45, 7) is 0. The Morgan fingerprint density at radius 3 is 1.25 bits per heavy atom. The molecule has 24 valence electrons. The Bertz CT molecular complexity index is 6.00. The molecule has 0 radical (unpaired) electrons. The molecule has 0 heterocycles. The van der Waals surface area contributed by atoms with Crippen molar-refractivity contribution in [1.82, 2.24) is 0 Å². The Kier molecular flexibility index (Phi) is 20.1. The monoisotopic (exact) mass is 238 g/mol. The van der Waals surface area contributed by atoms with Gasteiger partial charge in [0.2, 0.25) is 0 Å². The Balaban J connectivity index is 0. The maximum absolute atomic E-state index is 3.25. The van der Waals surface area contributed by atoms with E-state index in [0.717, 1.165) is 0 Å². The van der Waals surface area contributed by atoms with E-state index in [1.165, 1.54) is 0 Å². The Morgan fingerprint density at radius 2 is 1.25 bits per heavy atom. The third-order valence-electron chi connectivity index (χ3n) is 0. The molecule has 0 N–H and O–H groups in total. The van der Waals surface area contributed by atoms with Gasteiger partial charge in [-0.2, -0.15) is 0 Å². The normalized spacial score (nSPS) is 2.50. The predicted molar refractivity (Wildman–Crippen MR) is 24.6 cm³/mol. The van der Waals surface area contributed by atoms with E-state index in [1.54, 1.807) is 0 Å². The Hall–Kier alpha value is 1.58. The van der Waals surface area contributed by atoms with Gasteiger partial charge in [0.25, 0.3) is 0 Å². The molecular weight excluding hydrogens is 237 g/mol. The van der Waals surface area contributed by atoms with Crippen molar-refractivity contribution in [2.45, 2.75) is 7.43 Å². The third-order valence-corrected chi connectivity index (χ3v) is 0. The molecule has 0 atom stereocenters. The molecular formula is CH4Br2Zn. The maximum atomic E-state index is 3.25. The van der Waals surface area contributed by atoms with Gasteiger partial charge in [0.15, 0.2) is 0 Å². The number of rotatable bonds is 0. The first-order valence-electron chi connectivity index (χ1n) is 0.535. The summed E-state index contributed by atoms with van der Waals surface area (Å²) in [5, 5.41) is 0. The van der Waals surface area contributed by atoms with Crippen LogP contribution in [0, 0.1) is 0 Å². The molecule has 0 bridgehead atoms. The summed E-state index contributed by atoms with van der Waals surface area (Å²) >= 11 is 6.25. The van der Waals surface area contributed by atoms with E-state index < -0.39 is 0 Å². The van der Waals surface area contributed by atoms with Crippen LogP contribution in [-0.4, -0.2) is 0 Å². The quantitative estimate of drug-likeness (QED) is 0.571. The van der Waals surface area contributed by atoms with Gasteiger partial charge >= 0.3 is 40.5 Å². The molecule has 0 unspecified atom stereocenters. The summed E-state index contributed by atoms with van der Waals surface area (Å²) in [6.07, 6.45) is 0. The second-order valence-corrected chi connectivity index (χ2v) is 14.2. The SMILES string of the molecule is C.[Br][Zn][Br]. The van der Waals surface area contributed by atoms with Gasteiger partial charge in [-0.05, 0) is 0 Å². The molecule has 0 saturated heterocycles. The van der Waals surface area contributed by atoms with E-state index in [9.17, 15) is 0 Å². The van der Waals surface area contributed by atoms with Crippen LogP contribution in [0.2, 0.25) is 0 Å². The fraction of sp³-hybridized carbons (Fsp3) is 1.00. The van der Waals surface area contributed by atoms with Crippen LogP contribution in [0.3, 0.4) is 0 Å². The van der Waals surface area contributed by atoms with E-state index in [4.69, 9.17) is 0 Å². The standard InChI is InChI=1S/CH4.2BrH.Zn/h1H4;2*1H;/q;;;+2/p-2. The van der Waals surface area contributed by atoms with E-state index in [-0.39, 0.29) is 20.6 Å². The van der Waals surface area contributed by atoms with E-state index in [1.807, 2.05) is 0 Å². The zero-order valence-electron chi connectivity index (χ0n) is 1.46. The zero-order valence-corrected chi connectivity index (χ0v) is 7.60. The van der Waals surface area contributed by atoms with E-state index in [2.05, 4.69) is 27.2 Å². The molecule has 0 saturated carbocycles. The Morgan fingerprint density at radius 1 is 1.25 bits per heavy atom. The van der Waals surface area contributed by atoms with Crippen LogP contribution < -0.4 is 0 Å².